The van der Waals surface area contributed by atoms with Crippen LogP contribution in [0.25, 0.3) is 0 Å². The highest BCUT2D eigenvalue weighted by molar-refractivity contribution is 7.47. The minimum Gasteiger partial charge on any atom is -0.456 e. The smallest absolute Gasteiger partial charge is 0.456 e. The summed E-state index contributed by atoms with van der Waals surface area (Å²) in [7, 11) is 1.51. The van der Waals surface area contributed by atoms with Gasteiger partial charge < -0.3 is 19.4 Å². The Bertz CT molecular complexity index is 1430. The predicted octanol–water partition coefficient (Wildman–Crippen LogP) is 21.1. The second kappa shape index (κ2) is 58.4. The summed E-state index contributed by atoms with van der Waals surface area (Å²) >= 11 is 0. The molecule has 78 heavy (non-hydrogen) atoms. The van der Waals surface area contributed by atoms with E-state index in [-0.39, 0.29) is 31.5 Å². The number of ether oxygens (including phenoxy) is 1. The van der Waals surface area contributed by atoms with Gasteiger partial charge in [0.1, 0.15) is 19.3 Å². The molecule has 0 heterocycles. The Hall–Kier alpha value is -1.77. The zero-order valence-electron chi connectivity index (χ0n) is 52.7. The van der Waals surface area contributed by atoms with Gasteiger partial charge in [0.05, 0.1) is 33.8 Å². The third-order valence-electron chi connectivity index (χ3n) is 15.3. The van der Waals surface area contributed by atoms with Gasteiger partial charge in [-0.2, -0.15) is 0 Å². The van der Waals surface area contributed by atoms with Crippen LogP contribution in [-0.4, -0.2) is 74.3 Å². The Morgan fingerprint density at radius 3 is 1.10 bits per heavy atom. The van der Waals surface area contributed by atoms with Gasteiger partial charge in [-0.15, -0.1) is 0 Å². The highest BCUT2D eigenvalue weighted by Crippen LogP contribution is 2.43. The first-order valence-corrected chi connectivity index (χ1v) is 35.3. The molecule has 1 amide bonds. The van der Waals surface area contributed by atoms with Crippen LogP contribution >= 0.6 is 7.82 Å². The van der Waals surface area contributed by atoms with E-state index in [9.17, 15) is 19.0 Å². The fourth-order valence-corrected chi connectivity index (χ4v) is 10.8. The Morgan fingerprint density at radius 2 is 0.744 bits per heavy atom. The molecule has 0 aromatic rings. The lowest BCUT2D eigenvalue weighted by molar-refractivity contribution is -0.870. The van der Waals surface area contributed by atoms with Gasteiger partial charge >= 0.3 is 13.8 Å². The number of unbranched alkanes of at least 4 members (excludes halogenated alkanes) is 42. The van der Waals surface area contributed by atoms with Crippen molar-refractivity contribution in [3.63, 3.8) is 0 Å². The molecule has 3 atom stereocenters. The van der Waals surface area contributed by atoms with Crippen molar-refractivity contribution >= 4 is 19.7 Å². The average molecular weight is 1120 g/mol. The van der Waals surface area contributed by atoms with E-state index in [1.807, 2.05) is 33.3 Å². The summed E-state index contributed by atoms with van der Waals surface area (Å²) in [6, 6.07) is -0.847. The number of carbonyl (C=O) groups is 2. The second-order valence-corrected chi connectivity index (χ2v) is 25.8. The first kappa shape index (κ1) is 76.2. The maximum Gasteiger partial charge on any atom is 0.472 e. The maximum atomic E-state index is 13.6. The molecule has 0 bridgehead atoms. The minimum absolute atomic E-state index is 0.0419. The number of phosphoric acid groups is 1. The lowest BCUT2D eigenvalue weighted by Gasteiger charge is -2.27. The number of phosphoric ester groups is 1. The van der Waals surface area contributed by atoms with Crippen molar-refractivity contribution in [3.05, 3.63) is 36.5 Å². The van der Waals surface area contributed by atoms with Crippen molar-refractivity contribution in [3.8, 4) is 0 Å². The summed E-state index contributed by atoms with van der Waals surface area (Å²) in [6.07, 6.45) is 71.5. The van der Waals surface area contributed by atoms with Crippen molar-refractivity contribution < 1.29 is 37.3 Å². The predicted molar refractivity (Wildman–Crippen MR) is 337 cm³/mol. The van der Waals surface area contributed by atoms with Crippen LogP contribution in [0.2, 0.25) is 0 Å². The maximum absolute atomic E-state index is 13.6. The van der Waals surface area contributed by atoms with Crippen molar-refractivity contribution in [2.75, 3.05) is 40.9 Å². The first-order valence-electron chi connectivity index (χ1n) is 33.8. The normalized spacial score (nSPS) is 13.8. The van der Waals surface area contributed by atoms with Crippen LogP contribution < -0.4 is 5.32 Å². The highest BCUT2D eigenvalue weighted by atomic mass is 31.2. The Morgan fingerprint density at radius 1 is 0.436 bits per heavy atom. The average Bonchev–Trinajstić information content (AvgIpc) is 3.40. The molecule has 10 heteroatoms. The third kappa shape index (κ3) is 58.9. The fourth-order valence-electron chi connectivity index (χ4n) is 10.0. The number of esters is 1. The Balaban J connectivity index is 5.05. The molecule has 0 aliphatic heterocycles. The van der Waals surface area contributed by atoms with Crippen molar-refractivity contribution in [2.45, 2.75) is 348 Å². The molecule has 0 saturated heterocycles. The van der Waals surface area contributed by atoms with Crippen LogP contribution in [0.5, 0.6) is 0 Å². The molecule has 0 aliphatic rings. The number of allylic oxidation sites excluding steroid dienone is 5. The molecule has 0 aliphatic carbocycles. The lowest BCUT2D eigenvalue weighted by atomic mass is 10.0. The molecule has 0 fully saturated rings. The number of quaternary nitrogens is 1. The molecule has 2 N–H and O–H groups in total. The number of nitrogens with one attached hydrogen (secondary N) is 1. The Kier molecular flexibility index (Phi) is 57.1. The van der Waals surface area contributed by atoms with Gasteiger partial charge in [0.2, 0.25) is 5.91 Å². The monoisotopic (exact) mass is 1120 g/mol. The molecule has 0 radical (unpaired) electrons. The van der Waals surface area contributed by atoms with Crippen LogP contribution in [0.1, 0.15) is 335 Å². The highest BCUT2D eigenvalue weighted by Gasteiger charge is 2.30. The van der Waals surface area contributed by atoms with Gasteiger partial charge in [0.25, 0.3) is 0 Å². The van der Waals surface area contributed by atoms with Crippen molar-refractivity contribution in [1.82, 2.24) is 5.32 Å². The molecular formula is C68H132N2O7P+. The van der Waals surface area contributed by atoms with Crippen molar-refractivity contribution in [2.24, 2.45) is 0 Å². The van der Waals surface area contributed by atoms with Crippen molar-refractivity contribution in [1.29, 1.82) is 0 Å². The first-order chi connectivity index (χ1) is 37.9. The molecule has 0 aromatic carbocycles. The molecule has 0 aromatic heterocycles. The molecular weight excluding hydrogens is 988 g/mol. The zero-order chi connectivity index (χ0) is 57.2. The molecule has 3 unspecified atom stereocenters. The van der Waals surface area contributed by atoms with Crippen LogP contribution in [0.4, 0.5) is 0 Å². The Labute approximate surface area is 485 Å². The second-order valence-electron chi connectivity index (χ2n) is 24.3. The molecule has 460 valence electrons. The lowest BCUT2D eigenvalue weighted by Crippen LogP contribution is -2.47. The largest absolute Gasteiger partial charge is 0.472 e. The molecule has 9 nitrogen and oxygen atoms in total. The van der Waals surface area contributed by atoms with E-state index in [2.05, 4.69) is 50.4 Å². The fraction of sp³-hybridized carbons (Fsp3) is 0.882. The summed E-state index contributed by atoms with van der Waals surface area (Å²) in [5.41, 5.74) is 0. The van der Waals surface area contributed by atoms with E-state index in [1.165, 1.54) is 244 Å². The summed E-state index contributed by atoms with van der Waals surface area (Å²) < 4.78 is 30.8. The van der Waals surface area contributed by atoms with E-state index in [4.69, 9.17) is 13.8 Å². The number of likely N-dealkylation sites (N-methyl/N-ethyl adjacent to an activating group) is 1. The van der Waals surface area contributed by atoms with Gasteiger partial charge in [-0.1, -0.05) is 276 Å². The summed E-state index contributed by atoms with van der Waals surface area (Å²) in [6.45, 7) is 7.04. The van der Waals surface area contributed by atoms with E-state index >= 15 is 0 Å². The summed E-state index contributed by atoms with van der Waals surface area (Å²) in [5.74, 6) is -0.495. The van der Waals surface area contributed by atoms with Gasteiger partial charge in [-0.05, 0) is 83.1 Å². The zero-order valence-corrected chi connectivity index (χ0v) is 53.6. The number of rotatable bonds is 62. The van der Waals surface area contributed by atoms with E-state index < -0.39 is 20.0 Å². The van der Waals surface area contributed by atoms with E-state index in [1.54, 1.807) is 0 Å². The number of hydrogen-bond donors (Lipinski definition) is 2. The number of hydrogen-bond acceptors (Lipinski definition) is 6. The van der Waals surface area contributed by atoms with Gasteiger partial charge in [0.15, 0.2) is 0 Å². The third-order valence-corrected chi connectivity index (χ3v) is 16.3. The molecule has 0 rings (SSSR count). The van der Waals surface area contributed by atoms with Gasteiger partial charge in [-0.3, -0.25) is 18.6 Å². The summed E-state index contributed by atoms with van der Waals surface area (Å²) in [5, 5.41) is 3.07. The molecule has 0 spiro atoms. The quantitative estimate of drug-likeness (QED) is 0.0205. The van der Waals surface area contributed by atoms with Crippen LogP contribution in [0.3, 0.4) is 0 Å². The van der Waals surface area contributed by atoms with E-state index in [0.717, 1.165) is 57.8 Å². The van der Waals surface area contributed by atoms with Crippen LogP contribution in [-0.2, 0) is 27.9 Å². The van der Waals surface area contributed by atoms with Crippen LogP contribution in [0.15, 0.2) is 36.5 Å². The SMILES string of the molecule is CCCCCC/C=C\CCCCCCCCCC(=O)OC(/C=C\CCCCCCCCCCCC)C(COP(=O)(O)OCC[N+](C)(C)C)NC(=O)CCCCCCCCCCCCCCCCC/C=C/CCCCCCCC. The van der Waals surface area contributed by atoms with Gasteiger partial charge in [0, 0.05) is 12.8 Å². The minimum atomic E-state index is -4.45. The van der Waals surface area contributed by atoms with Gasteiger partial charge in [-0.25, -0.2) is 4.57 Å². The summed E-state index contributed by atoms with van der Waals surface area (Å²) in [4.78, 5) is 37.8. The van der Waals surface area contributed by atoms with E-state index in [0.29, 0.717) is 17.4 Å². The standard InChI is InChI=1S/C68H131N2O7P/c1-7-10-13-16-19-22-25-28-30-31-32-33-34-35-36-37-38-39-41-42-45-48-51-54-57-60-67(71)69-65(64-76-78(73,74)75-63-62-70(4,5)6)66(59-56-53-50-47-44-27-24-21-18-15-12-9-3)77-68(72)61-58-55-52-49-46-43-40-29-26-23-20-17-14-11-8-2/h23,26,28,30,56,59,65-66H,7-22,24-25,27,29,31-55,57-58,60-64H2,1-6H3,(H-,69,71,73,74)/p+1/b26-23-,30-28+,59-56-. The molecule has 0 saturated carbocycles. The van der Waals surface area contributed by atoms with Crippen LogP contribution in [0, 0.1) is 0 Å². The number of nitrogens with zero attached hydrogens (tertiary/aromatic N) is 1. The number of amides is 1. The number of carbonyl (C=O) groups excluding carboxylic acids is 2. The topological polar surface area (TPSA) is 111 Å².